The minimum absolute atomic E-state index is 0.0447. The summed E-state index contributed by atoms with van der Waals surface area (Å²) >= 11 is 12.1. The summed E-state index contributed by atoms with van der Waals surface area (Å²) in [6, 6.07) is 5.55. The molecule has 4 rings (SSSR count). The number of hydrogen-bond donors (Lipinski definition) is 4. The van der Waals surface area contributed by atoms with Gasteiger partial charge in [-0.15, -0.1) is 0 Å². The molecule has 0 saturated heterocycles. The molecular weight excluding hydrogens is 535 g/mol. The molecule has 1 amide bonds. The number of carbonyl (C=O) groups excluding carboxylic acids is 1. The monoisotopic (exact) mass is 556 g/mol. The number of anilines is 3. The average Bonchev–Trinajstić information content (AvgIpc) is 3.40. The number of rotatable bonds is 12. The van der Waals surface area contributed by atoms with E-state index >= 15 is 0 Å². The molecule has 0 aliphatic heterocycles. The van der Waals surface area contributed by atoms with Crippen molar-refractivity contribution in [1.29, 1.82) is 0 Å². The number of carboxylic acids is 1. The number of imidazole rings is 1. The van der Waals surface area contributed by atoms with Gasteiger partial charge in [0.05, 0.1) is 34.4 Å². The van der Waals surface area contributed by atoms with Gasteiger partial charge in [-0.3, -0.25) is 24.2 Å². The van der Waals surface area contributed by atoms with Crippen molar-refractivity contribution in [2.24, 2.45) is 0 Å². The first kappa shape index (κ1) is 26.8. The molecule has 0 aliphatic rings. The molecule has 0 fully saturated rings. The Morgan fingerprint density at radius 1 is 1.00 bits per heavy atom. The minimum atomic E-state index is -1.10. The van der Waals surface area contributed by atoms with Crippen molar-refractivity contribution >= 4 is 52.1 Å². The molecule has 13 heteroatoms. The van der Waals surface area contributed by atoms with Gasteiger partial charge in [-0.25, -0.2) is 4.98 Å². The Labute approximate surface area is 226 Å². The highest BCUT2D eigenvalue weighted by Crippen LogP contribution is 2.28. The minimum Gasteiger partial charge on any atom is -0.481 e. The molecule has 0 saturated carbocycles. The molecule has 0 spiro atoms. The second-order valence-corrected chi connectivity index (χ2v) is 9.15. The number of halogens is 2. The van der Waals surface area contributed by atoms with Gasteiger partial charge in [0.1, 0.15) is 11.4 Å². The normalized spacial score (nSPS) is 11.7. The number of carbonyl (C=O) groups is 2. The summed E-state index contributed by atoms with van der Waals surface area (Å²) in [5, 5.41) is 18.2. The predicted octanol–water partition coefficient (Wildman–Crippen LogP) is 3.56. The van der Waals surface area contributed by atoms with Crippen LogP contribution in [0.5, 0.6) is 0 Å². The van der Waals surface area contributed by atoms with Crippen LogP contribution in [0, 0.1) is 0 Å². The van der Waals surface area contributed by atoms with E-state index in [2.05, 4.69) is 25.9 Å². The van der Waals surface area contributed by atoms with Gasteiger partial charge in [0.15, 0.2) is 0 Å². The van der Waals surface area contributed by atoms with E-state index in [0.29, 0.717) is 30.8 Å². The van der Waals surface area contributed by atoms with Crippen LogP contribution in [0.4, 0.5) is 17.1 Å². The fourth-order valence-electron chi connectivity index (χ4n) is 3.81. The first-order valence-electron chi connectivity index (χ1n) is 11.5. The average molecular weight is 557 g/mol. The van der Waals surface area contributed by atoms with E-state index < -0.39 is 28.8 Å². The third kappa shape index (κ3) is 6.18. The Morgan fingerprint density at radius 2 is 1.68 bits per heavy atom. The number of pyridine rings is 1. The summed E-state index contributed by atoms with van der Waals surface area (Å²) in [5.41, 5.74) is -0.184. The second kappa shape index (κ2) is 11.9. The maximum atomic E-state index is 12.6. The van der Waals surface area contributed by atoms with Crippen molar-refractivity contribution in [2.75, 3.05) is 22.5 Å². The Balaban J connectivity index is 1.44. The van der Waals surface area contributed by atoms with E-state index in [1.54, 1.807) is 36.8 Å². The molecule has 0 radical (unpaired) electrons. The zero-order valence-electron chi connectivity index (χ0n) is 19.8. The van der Waals surface area contributed by atoms with Crippen LogP contribution in [0.3, 0.4) is 0 Å². The quantitative estimate of drug-likeness (QED) is 0.151. The number of benzene rings is 1. The summed E-state index contributed by atoms with van der Waals surface area (Å²) in [6.07, 6.45) is 8.10. The van der Waals surface area contributed by atoms with Gasteiger partial charge >= 0.3 is 5.97 Å². The van der Waals surface area contributed by atoms with Gasteiger partial charge in [-0.2, -0.15) is 0 Å². The predicted molar refractivity (Wildman–Crippen MR) is 144 cm³/mol. The molecule has 0 bridgehead atoms. The van der Waals surface area contributed by atoms with Crippen LogP contribution in [0.2, 0.25) is 10.0 Å². The second-order valence-electron chi connectivity index (χ2n) is 8.34. The number of carboxylic acid groups (broad SMARTS) is 1. The first-order valence-corrected chi connectivity index (χ1v) is 12.2. The zero-order chi connectivity index (χ0) is 27.2. The number of amides is 1. The lowest BCUT2D eigenvalue weighted by atomic mass is 10.0. The van der Waals surface area contributed by atoms with Gasteiger partial charge in [-0.05, 0) is 24.1 Å². The van der Waals surface area contributed by atoms with E-state index in [-0.39, 0.29) is 33.4 Å². The third-order valence-electron chi connectivity index (χ3n) is 5.71. The van der Waals surface area contributed by atoms with Crippen molar-refractivity contribution in [3.05, 3.63) is 97.0 Å². The van der Waals surface area contributed by atoms with Crippen molar-refractivity contribution in [3.63, 3.8) is 0 Å². The maximum absolute atomic E-state index is 12.6. The molecule has 1 unspecified atom stereocenters. The largest absolute Gasteiger partial charge is 0.481 e. The standard InChI is InChI=1S/C25H22Cl2N6O5/c26-16-11-29-12-17(27)20(16)25(38)31-15-4-2-14(3-5-15)18(10-19(34)35)32-22-21(23(36)24(22)37)30-6-1-8-33-9-7-28-13-33/h2-5,7,9,11-13,18,30,32H,1,6,8,10H2,(H,31,38)(H,34,35). The molecule has 4 aromatic rings. The lowest BCUT2D eigenvalue weighted by molar-refractivity contribution is -0.137. The molecule has 0 aliphatic carbocycles. The molecular formula is C25H22Cl2N6O5. The van der Waals surface area contributed by atoms with Crippen LogP contribution < -0.4 is 26.8 Å². The smallest absolute Gasteiger partial charge is 0.305 e. The molecule has 2 aromatic heterocycles. The molecule has 196 valence electrons. The summed E-state index contributed by atoms with van der Waals surface area (Å²) in [4.78, 5) is 56.3. The molecule has 1 atom stereocenters. The van der Waals surface area contributed by atoms with E-state index in [4.69, 9.17) is 23.2 Å². The summed E-state index contributed by atoms with van der Waals surface area (Å²) in [7, 11) is 0. The van der Waals surface area contributed by atoms with Crippen LogP contribution in [-0.2, 0) is 11.3 Å². The number of aryl methyl sites for hydroxylation is 1. The molecule has 2 aromatic carbocycles. The van der Waals surface area contributed by atoms with Crippen molar-refractivity contribution in [3.8, 4) is 0 Å². The molecule has 4 N–H and O–H groups in total. The maximum Gasteiger partial charge on any atom is 0.305 e. The van der Waals surface area contributed by atoms with Crippen molar-refractivity contribution in [1.82, 2.24) is 14.5 Å². The Kier molecular flexibility index (Phi) is 8.39. The van der Waals surface area contributed by atoms with Gasteiger partial charge in [0.25, 0.3) is 16.8 Å². The number of nitrogens with one attached hydrogen (secondary N) is 3. The first-order chi connectivity index (χ1) is 18.2. The van der Waals surface area contributed by atoms with E-state index in [9.17, 15) is 24.3 Å². The Morgan fingerprint density at radius 3 is 2.32 bits per heavy atom. The lowest BCUT2D eigenvalue weighted by Crippen LogP contribution is -2.38. The topological polar surface area (TPSA) is 155 Å². The third-order valence-corrected chi connectivity index (χ3v) is 6.29. The van der Waals surface area contributed by atoms with Gasteiger partial charge < -0.3 is 25.6 Å². The SMILES string of the molecule is O=C(O)CC(Nc1c(NCCCn2ccnc2)c(=O)c1=O)c1ccc(NC(=O)c2c(Cl)cncc2Cl)cc1. The summed E-state index contributed by atoms with van der Waals surface area (Å²) < 4.78 is 1.89. The van der Waals surface area contributed by atoms with Crippen LogP contribution in [0.1, 0.15) is 34.8 Å². The Hall–Kier alpha value is -4.22. The van der Waals surface area contributed by atoms with Crippen LogP contribution in [-0.4, -0.2) is 38.1 Å². The van der Waals surface area contributed by atoms with Crippen LogP contribution in [0.25, 0.3) is 0 Å². The number of hydrogen-bond acceptors (Lipinski definition) is 8. The van der Waals surface area contributed by atoms with Gasteiger partial charge in [0.2, 0.25) is 0 Å². The van der Waals surface area contributed by atoms with Crippen LogP contribution >= 0.6 is 23.2 Å². The fraction of sp³-hybridized carbons (Fsp3) is 0.200. The highest BCUT2D eigenvalue weighted by Gasteiger charge is 2.25. The highest BCUT2D eigenvalue weighted by atomic mass is 35.5. The van der Waals surface area contributed by atoms with Crippen LogP contribution in [0.15, 0.2) is 65.0 Å². The van der Waals surface area contributed by atoms with E-state index in [0.717, 1.165) is 0 Å². The van der Waals surface area contributed by atoms with E-state index in [1.165, 1.54) is 12.4 Å². The van der Waals surface area contributed by atoms with Crippen molar-refractivity contribution in [2.45, 2.75) is 25.4 Å². The van der Waals surface area contributed by atoms with Gasteiger partial charge in [0, 0.05) is 43.6 Å². The number of nitrogens with zero attached hydrogens (tertiary/aromatic N) is 3. The zero-order valence-corrected chi connectivity index (χ0v) is 21.3. The summed E-state index contributed by atoms with van der Waals surface area (Å²) in [5.74, 6) is -1.64. The highest BCUT2D eigenvalue weighted by molar-refractivity contribution is 6.40. The summed E-state index contributed by atoms with van der Waals surface area (Å²) in [6.45, 7) is 1.11. The Bertz CT molecular complexity index is 1490. The molecule has 38 heavy (non-hydrogen) atoms. The lowest BCUT2D eigenvalue weighted by Gasteiger charge is -2.22. The number of aromatic nitrogens is 3. The van der Waals surface area contributed by atoms with Crippen molar-refractivity contribution < 1.29 is 14.7 Å². The fourth-order valence-corrected chi connectivity index (χ4v) is 4.35. The molecule has 11 nitrogen and oxygen atoms in total. The van der Waals surface area contributed by atoms with E-state index in [1.807, 2.05) is 10.8 Å². The number of aliphatic carboxylic acids is 1. The molecule has 2 heterocycles. The van der Waals surface area contributed by atoms with Gasteiger partial charge in [-0.1, -0.05) is 35.3 Å².